The molecule has 0 spiro atoms. The quantitative estimate of drug-likeness (QED) is 0.891. The van der Waals surface area contributed by atoms with Crippen molar-refractivity contribution in [1.82, 2.24) is 10.2 Å². The molecule has 2 heterocycles. The maximum atomic E-state index is 12.9. The number of likely N-dealkylation sites (tertiary alicyclic amines) is 1. The average Bonchev–Trinajstić information content (AvgIpc) is 3.17. The molecule has 0 bridgehead atoms. The molecular weight excluding hydrogens is 339 g/mol. The summed E-state index contributed by atoms with van der Waals surface area (Å²) >= 11 is 1.43. The Morgan fingerprint density at radius 2 is 2.04 bits per heavy atom. The molecule has 1 aromatic heterocycles. The minimum atomic E-state index is -0.259. The number of amides is 2. The molecule has 132 valence electrons. The van der Waals surface area contributed by atoms with Gasteiger partial charge in [0, 0.05) is 19.6 Å². The Kier molecular flexibility index (Phi) is 5.81. The number of hydrogen-bond donors (Lipinski definition) is 1. The molecule has 6 heteroatoms. The normalized spacial score (nSPS) is 17.3. The average molecular weight is 360 g/mol. The second kappa shape index (κ2) is 8.25. The van der Waals surface area contributed by atoms with Gasteiger partial charge >= 0.3 is 0 Å². The first kappa shape index (κ1) is 17.6. The summed E-state index contributed by atoms with van der Waals surface area (Å²) < 4.78 is 12.9. The van der Waals surface area contributed by atoms with E-state index in [-0.39, 0.29) is 23.5 Å². The number of carbonyl (C=O) groups excluding carboxylic acids is 2. The van der Waals surface area contributed by atoms with E-state index in [1.165, 1.54) is 23.5 Å². The van der Waals surface area contributed by atoms with E-state index >= 15 is 0 Å². The summed E-state index contributed by atoms with van der Waals surface area (Å²) in [7, 11) is 0. The fraction of sp³-hybridized carbons (Fsp3) is 0.368. The van der Waals surface area contributed by atoms with Crippen LogP contribution < -0.4 is 5.32 Å². The SMILES string of the molecule is O=C(NCCc1ccc(F)cc1)C1CCCN(C(=O)c2cccs2)C1. The molecule has 2 aromatic rings. The Labute approximate surface area is 150 Å². The summed E-state index contributed by atoms with van der Waals surface area (Å²) in [5.74, 6) is -0.416. The summed E-state index contributed by atoms with van der Waals surface area (Å²) in [4.78, 5) is 27.3. The Bertz CT molecular complexity index is 716. The van der Waals surface area contributed by atoms with E-state index in [1.807, 2.05) is 17.5 Å². The highest BCUT2D eigenvalue weighted by atomic mass is 32.1. The van der Waals surface area contributed by atoms with E-state index in [9.17, 15) is 14.0 Å². The fourth-order valence-corrected chi connectivity index (χ4v) is 3.75. The number of benzene rings is 1. The van der Waals surface area contributed by atoms with Gasteiger partial charge in [-0.15, -0.1) is 11.3 Å². The Morgan fingerprint density at radius 3 is 2.76 bits per heavy atom. The molecule has 1 atom stereocenters. The third-order valence-corrected chi connectivity index (χ3v) is 5.30. The maximum Gasteiger partial charge on any atom is 0.263 e. The predicted molar refractivity (Wildman–Crippen MR) is 96.1 cm³/mol. The van der Waals surface area contributed by atoms with E-state index < -0.39 is 0 Å². The van der Waals surface area contributed by atoms with Gasteiger partial charge in [0.05, 0.1) is 10.8 Å². The highest BCUT2D eigenvalue weighted by Gasteiger charge is 2.29. The molecule has 2 amide bonds. The van der Waals surface area contributed by atoms with Crippen molar-refractivity contribution in [2.75, 3.05) is 19.6 Å². The van der Waals surface area contributed by atoms with Crippen LogP contribution in [-0.4, -0.2) is 36.3 Å². The molecule has 0 saturated carbocycles. The van der Waals surface area contributed by atoms with Gasteiger partial charge in [-0.2, -0.15) is 0 Å². The van der Waals surface area contributed by atoms with E-state index in [4.69, 9.17) is 0 Å². The number of thiophene rings is 1. The van der Waals surface area contributed by atoms with Crippen molar-refractivity contribution in [2.24, 2.45) is 5.92 Å². The van der Waals surface area contributed by atoms with Crippen LogP contribution in [0.3, 0.4) is 0 Å². The van der Waals surface area contributed by atoms with Crippen LogP contribution in [0, 0.1) is 11.7 Å². The molecule has 1 aromatic carbocycles. The van der Waals surface area contributed by atoms with E-state index in [0.717, 1.165) is 23.3 Å². The topological polar surface area (TPSA) is 49.4 Å². The summed E-state index contributed by atoms with van der Waals surface area (Å²) in [5, 5.41) is 4.83. The third kappa shape index (κ3) is 4.66. The molecule has 0 radical (unpaired) electrons. The minimum Gasteiger partial charge on any atom is -0.355 e. The summed E-state index contributed by atoms with van der Waals surface area (Å²) in [6.07, 6.45) is 2.31. The van der Waals surface area contributed by atoms with E-state index in [2.05, 4.69) is 5.32 Å². The van der Waals surface area contributed by atoms with Gasteiger partial charge in [0.25, 0.3) is 5.91 Å². The first-order chi connectivity index (χ1) is 12.1. The number of nitrogens with one attached hydrogen (secondary N) is 1. The first-order valence-corrected chi connectivity index (χ1v) is 9.36. The van der Waals surface area contributed by atoms with Crippen LogP contribution in [0.1, 0.15) is 28.1 Å². The number of rotatable bonds is 5. The van der Waals surface area contributed by atoms with Crippen molar-refractivity contribution in [2.45, 2.75) is 19.3 Å². The number of hydrogen-bond acceptors (Lipinski definition) is 3. The van der Waals surface area contributed by atoms with Gasteiger partial charge in [-0.05, 0) is 48.4 Å². The molecule has 1 aliphatic rings. The van der Waals surface area contributed by atoms with Crippen molar-refractivity contribution in [1.29, 1.82) is 0 Å². The lowest BCUT2D eigenvalue weighted by Crippen LogP contribution is -2.45. The van der Waals surface area contributed by atoms with Gasteiger partial charge in [-0.1, -0.05) is 18.2 Å². The zero-order valence-electron chi connectivity index (χ0n) is 13.9. The van der Waals surface area contributed by atoms with Crippen LogP contribution in [0.2, 0.25) is 0 Å². The number of nitrogens with zero attached hydrogens (tertiary/aromatic N) is 1. The highest BCUT2D eigenvalue weighted by molar-refractivity contribution is 7.12. The van der Waals surface area contributed by atoms with Crippen molar-refractivity contribution >= 4 is 23.2 Å². The first-order valence-electron chi connectivity index (χ1n) is 8.48. The monoisotopic (exact) mass is 360 g/mol. The van der Waals surface area contributed by atoms with Crippen molar-refractivity contribution < 1.29 is 14.0 Å². The largest absolute Gasteiger partial charge is 0.355 e. The highest BCUT2D eigenvalue weighted by Crippen LogP contribution is 2.20. The molecule has 4 nitrogen and oxygen atoms in total. The van der Waals surface area contributed by atoms with Gasteiger partial charge in [0.2, 0.25) is 5.91 Å². The molecule has 1 N–H and O–H groups in total. The van der Waals surface area contributed by atoms with Gasteiger partial charge in [-0.3, -0.25) is 9.59 Å². The zero-order chi connectivity index (χ0) is 17.6. The second-order valence-electron chi connectivity index (χ2n) is 6.24. The summed E-state index contributed by atoms with van der Waals surface area (Å²) in [6.45, 7) is 1.69. The Morgan fingerprint density at radius 1 is 1.24 bits per heavy atom. The molecule has 1 fully saturated rings. The minimum absolute atomic E-state index is 0.00853. The molecule has 3 rings (SSSR count). The number of piperidine rings is 1. The summed E-state index contributed by atoms with van der Waals surface area (Å²) in [6, 6.07) is 9.98. The standard InChI is InChI=1S/C19H21FN2O2S/c20-16-7-5-14(6-8-16)9-10-21-18(23)15-3-1-11-22(13-15)19(24)17-4-2-12-25-17/h2,4-8,12,15H,1,3,9-11,13H2,(H,21,23). The molecule has 1 unspecified atom stereocenters. The van der Waals surface area contributed by atoms with Crippen molar-refractivity contribution in [3.05, 3.63) is 58.0 Å². The number of carbonyl (C=O) groups is 2. The lowest BCUT2D eigenvalue weighted by atomic mass is 9.97. The van der Waals surface area contributed by atoms with Crippen LogP contribution in [0.25, 0.3) is 0 Å². The number of halogens is 1. The van der Waals surface area contributed by atoms with Crippen LogP contribution in [0.5, 0.6) is 0 Å². The van der Waals surface area contributed by atoms with Gasteiger partial charge in [-0.25, -0.2) is 4.39 Å². The summed E-state index contributed by atoms with van der Waals surface area (Å²) in [5.41, 5.74) is 0.986. The maximum absolute atomic E-state index is 12.9. The zero-order valence-corrected chi connectivity index (χ0v) is 14.7. The van der Waals surface area contributed by atoms with Crippen LogP contribution >= 0.6 is 11.3 Å². The molecule has 1 aliphatic heterocycles. The van der Waals surface area contributed by atoms with E-state index in [0.29, 0.717) is 26.1 Å². The Hall–Kier alpha value is -2.21. The van der Waals surface area contributed by atoms with Gasteiger partial charge < -0.3 is 10.2 Å². The van der Waals surface area contributed by atoms with E-state index in [1.54, 1.807) is 17.0 Å². The molecule has 1 saturated heterocycles. The third-order valence-electron chi connectivity index (χ3n) is 4.44. The smallest absolute Gasteiger partial charge is 0.263 e. The van der Waals surface area contributed by atoms with Gasteiger partial charge in [0.15, 0.2) is 0 Å². The molecular formula is C19H21FN2O2S. The fourth-order valence-electron chi connectivity index (χ4n) is 3.06. The molecule has 0 aliphatic carbocycles. The lowest BCUT2D eigenvalue weighted by molar-refractivity contribution is -0.126. The van der Waals surface area contributed by atoms with Crippen molar-refractivity contribution in [3.63, 3.8) is 0 Å². The van der Waals surface area contributed by atoms with Crippen LogP contribution in [0.4, 0.5) is 4.39 Å². The van der Waals surface area contributed by atoms with Crippen LogP contribution in [0.15, 0.2) is 41.8 Å². The van der Waals surface area contributed by atoms with Gasteiger partial charge in [0.1, 0.15) is 5.82 Å². The predicted octanol–water partition coefficient (Wildman–Crippen LogP) is 3.10. The lowest BCUT2D eigenvalue weighted by Gasteiger charge is -2.31. The van der Waals surface area contributed by atoms with Crippen molar-refractivity contribution in [3.8, 4) is 0 Å². The molecule has 25 heavy (non-hydrogen) atoms. The Balaban J connectivity index is 1.48. The van der Waals surface area contributed by atoms with Crippen LogP contribution in [-0.2, 0) is 11.2 Å². The second-order valence-corrected chi connectivity index (χ2v) is 7.18.